The summed E-state index contributed by atoms with van der Waals surface area (Å²) in [4.78, 5) is 1.43. The Morgan fingerprint density at radius 3 is 3.00 bits per heavy atom. The van der Waals surface area contributed by atoms with Crippen LogP contribution in [0.2, 0.25) is 0 Å². The molecule has 1 nitrogen and oxygen atoms in total. The fourth-order valence-electron chi connectivity index (χ4n) is 0.774. The summed E-state index contributed by atoms with van der Waals surface area (Å²) in [5.41, 5.74) is 0. The summed E-state index contributed by atoms with van der Waals surface area (Å²) in [6.45, 7) is 6.94. The molecule has 1 rings (SSSR count). The van der Waals surface area contributed by atoms with Crippen LogP contribution < -0.4 is 5.32 Å². The van der Waals surface area contributed by atoms with Crippen molar-refractivity contribution in [3.05, 3.63) is 22.6 Å². The first kappa shape index (κ1) is 6.75. The minimum atomic E-state index is 1.05. The molecule has 9 heavy (non-hydrogen) atoms. The van der Waals surface area contributed by atoms with E-state index in [0.29, 0.717) is 0 Å². The van der Waals surface area contributed by atoms with Crippen molar-refractivity contribution < 1.29 is 0 Å². The van der Waals surface area contributed by atoms with Gasteiger partial charge in [0.2, 0.25) is 0 Å². The van der Waals surface area contributed by atoms with Gasteiger partial charge in [-0.15, -0.1) is 0 Å². The average molecular weight is 141 g/mol. The molecule has 1 saturated heterocycles. The van der Waals surface area contributed by atoms with Crippen molar-refractivity contribution in [2.45, 2.75) is 13.3 Å². The van der Waals surface area contributed by atoms with Gasteiger partial charge in [-0.05, 0) is 18.2 Å². The van der Waals surface area contributed by atoms with Crippen molar-refractivity contribution in [2.24, 2.45) is 0 Å². The van der Waals surface area contributed by atoms with E-state index in [1.807, 2.05) is 0 Å². The molecule has 0 bridgehead atoms. The monoisotopic (exact) mass is 141 g/mol. The molecule has 0 spiro atoms. The zero-order chi connectivity index (χ0) is 6.69. The Morgan fingerprint density at radius 1 is 1.78 bits per heavy atom. The maximum absolute atomic E-state index is 3.82. The Labute approximate surface area is 60.2 Å². The molecule has 0 aromatic carbocycles. The third-order valence-corrected chi connectivity index (χ3v) is 2.36. The highest BCUT2D eigenvalue weighted by Crippen LogP contribution is 2.27. The van der Waals surface area contributed by atoms with E-state index in [1.54, 1.807) is 11.8 Å². The van der Waals surface area contributed by atoms with Gasteiger partial charge in [-0.3, -0.25) is 0 Å². The van der Waals surface area contributed by atoms with Crippen LogP contribution >= 0.6 is 11.8 Å². The van der Waals surface area contributed by atoms with Gasteiger partial charge < -0.3 is 5.32 Å². The van der Waals surface area contributed by atoms with Gasteiger partial charge >= 0.3 is 0 Å². The second kappa shape index (κ2) is 2.97. The van der Waals surface area contributed by atoms with Crippen LogP contribution in [-0.2, 0) is 0 Å². The number of thioether (sulfide) groups is 1. The minimum Gasteiger partial charge on any atom is -0.380 e. The van der Waals surface area contributed by atoms with E-state index in [1.165, 1.54) is 4.91 Å². The van der Waals surface area contributed by atoms with Crippen LogP contribution in [0.5, 0.6) is 0 Å². The lowest BCUT2D eigenvalue weighted by Crippen LogP contribution is -2.16. The van der Waals surface area contributed by atoms with Crippen LogP contribution in [0.15, 0.2) is 22.6 Å². The van der Waals surface area contributed by atoms with Crippen molar-refractivity contribution >= 4 is 11.8 Å². The number of allylic oxidation sites excluding steroid dienone is 1. The summed E-state index contributed by atoms with van der Waals surface area (Å²) in [5, 5.41) is 4.25. The number of rotatable bonds is 0. The summed E-state index contributed by atoms with van der Waals surface area (Å²) in [5.74, 6) is 0. The van der Waals surface area contributed by atoms with Gasteiger partial charge in [-0.1, -0.05) is 24.4 Å². The Morgan fingerprint density at radius 2 is 2.56 bits per heavy atom. The molecular weight excluding hydrogens is 130 g/mol. The first-order chi connectivity index (χ1) is 4.33. The van der Waals surface area contributed by atoms with Crippen molar-refractivity contribution in [3.8, 4) is 0 Å². The van der Waals surface area contributed by atoms with Crippen LogP contribution in [0.4, 0.5) is 0 Å². The number of hydrogen-bond acceptors (Lipinski definition) is 2. The van der Waals surface area contributed by atoms with Crippen molar-refractivity contribution in [1.82, 2.24) is 5.32 Å². The van der Waals surface area contributed by atoms with Crippen molar-refractivity contribution in [1.29, 1.82) is 0 Å². The van der Waals surface area contributed by atoms with E-state index in [4.69, 9.17) is 0 Å². The van der Waals surface area contributed by atoms with E-state index in [0.717, 1.165) is 18.0 Å². The van der Waals surface area contributed by atoms with Crippen LogP contribution in [0.1, 0.15) is 13.3 Å². The molecule has 0 aromatic rings. The van der Waals surface area contributed by atoms with E-state index < -0.39 is 0 Å². The highest BCUT2D eigenvalue weighted by molar-refractivity contribution is 8.06. The van der Waals surface area contributed by atoms with Crippen molar-refractivity contribution in [3.63, 3.8) is 0 Å². The molecule has 0 radical (unpaired) electrons. The second-order valence-corrected chi connectivity index (χ2v) is 3.18. The van der Waals surface area contributed by atoms with Crippen LogP contribution in [0.25, 0.3) is 0 Å². The van der Waals surface area contributed by atoms with Gasteiger partial charge in [-0.25, -0.2) is 0 Å². The molecule has 2 heteroatoms. The number of nitrogens with one attached hydrogen (secondary N) is 1. The average Bonchev–Trinajstić information content (AvgIpc) is 1.88. The Balaban J connectivity index is 2.51. The fraction of sp³-hybridized carbons (Fsp3) is 0.429. The van der Waals surface area contributed by atoms with Gasteiger partial charge in [0.15, 0.2) is 0 Å². The largest absolute Gasteiger partial charge is 0.380 e. The molecule has 1 aliphatic heterocycles. The SMILES string of the molecule is C=C1NCC/C(=C/C)S1. The molecule has 0 aromatic heterocycles. The number of hydrogen-bond donors (Lipinski definition) is 1. The van der Waals surface area contributed by atoms with E-state index in [9.17, 15) is 0 Å². The molecule has 0 unspecified atom stereocenters. The molecule has 50 valence electrons. The van der Waals surface area contributed by atoms with Crippen LogP contribution in [-0.4, -0.2) is 6.54 Å². The third kappa shape index (κ3) is 1.79. The zero-order valence-electron chi connectivity index (χ0n) is 5.61. The summed E-state index contributed by atoms with van der Waals surface area (Å²) < 4.78 is 0. The lowest BCUT2D eigenvalue weighted by Gasteiger charge is -2.16. The second-order valence-electron chi connectivity index (χ2n) is 1.96. The van der Waals surface area contributed by atoms with E-state index in [-0.39, 0.29) is 0 Å². The zero-order valence-corrected chi connectivity index (χ0v) is 6.42. The summed E-state index contributed by atoms with van der Waals surface area (Å²) in [6.07, 6.45) is 3.30. The van der Waals surface area contributed by atoms with Crippen molar-refractivity contribution in [2.75, 3.05) is 6.54 Å². The maximum atomic E-state index is 3.82. The summed E-state index contributed by atoms with van der Waals surface area (Å²) in [6, 6.07) is 0. The molecule has 1 N–H and O–H groups in total. The van der Waals surface area contributed by atoms with E-state index >= 15 is 0 Å². The smallest absolute Gasteiger partial charge is 0.0653 e. The van der Waals surface area contributed by atoms with E-state index in [2.05, 4.69) is 24.9 Å². The molecule has 1 fully saturated rings. The fourth-order valence-corrected chi connectivity index (χ4v) is 1.59. The first-order valence-electron chi connectivity index (χ1n) is 3.08. The predicted octanol–water partition coefficient (Wildman–Crippen LogP) is 2.09. The summed E-state index contributed by atoms with van der Waals surface area (Å²) >= 11 is 1.74. The molecule has 0 atom stereocenters. The quantitative estimate of drug-likeness (QED) is 0.554. The normalized spacial score (nSPS) is 24.1. The van der Waals surface area contributed by atoms with Gasteiger partial charge in [0.25, 0.3) is 0 Å². The molecule has 0 aliphatic carbocycles. The molecule has 1 aliphatic rings. The van der Waals surface area contributed by atoms with Gasteiger partial charge in [0, 0.05) is 6.54 Å². The first-order valence-corrected chi connectivity index (χ1v) is 3.90. The lowest BCUT2D eigenvalue weighted by atomic mass is 10.4. The molecule has 0 saturated carbocycles. The molecular formula is C7H11NS. The Kier molecular flexibility index (Phi) is 2.22. The molecule has 1 heterocycles. The molecule has 0 amide bonds. The van der Waals surface area contributed by atoms with Crippen LogP contribution in [0, 0.1) is 0 Å². The predicted molar refractivity (Wildman–Crippen MR) is 43.1 cm³/mol. The van der Waals surface area contributed by atoms with Crippen LogP contribution in [0.3, 0.4) is 0 Å². The Bertz CT molecular complexity index is 149. The topological polar surface area (TPSA) is 12.0 Å². The lowest BCUT2D eigenvalue weighted by molar-refractivity contribution is 0.822. The summed E-state index contributed by atoms with van der Waals surface area (Å²) in [7, 11) is 0. The minimum absolute atomic E-state index is 1.05. The standard InChI is InChI=1S/C7H11NS/c1-3-7-4-5-8-6(2)9-7/h3,8H,2,4-5H2,1H3/b7-3-. The van der Waals surface area contributed by atoms with Gasteiger partial charge in [-0.2, -0.15) is 0 Å². The Hall–Kier alpha value is -0.370. The highest BCUT2D eigenvalue weighted by atomic mass is 32.2. The third-order valence-electron chi connectivity index (χ3n) is 1.27. The highest BCUT2D eigenvalue weighted by Gasteiger charge is 2.05. The van der Waals surface area contributed by atoms with Gasteiger partial charge in [0.1, 0.15) is 0 Å². The van der Waals surface area contributed by atoms with Gasteiger partial charge in [0.05, 0.1) is 5.03 Å². The maximum Gasteiger partial charge on any atom is 0.0653 e.